The summed E-state index contributed by atoms with van der Waals surface area (Å²) in [5.41, 5.74) is 7.00. The largest absolute Gasteiger partial charge is 0.332 e. The van der Waals surface area contributed by atoms with Crippen molar-refractivity contribution in [2.24, 2.45) is 5.73 Å². The lowest BCUT2D eigenvalue weighted by molar-refractivity contribution is 0.428. The second-order valence-electron chi connectivity index (χ2n) is 3.84. The topological polar surface area (TPSA) is 90.7 Å². The number of hydrogen-bond acceptors (Lipinski definition) is 6. The third-order valence-electron chi connectivity index (χ3n) is 2.65. The molecule has 1 aliphatic carbocycles. The number of rotatable bonds is 2. The molecule has 2 aromatic rings. The van der Waals surface area contributed by atoms with E-state index < -0.39 is 0 Å². The Morgan fingerprint density at radius 2 is 2.19 bits per heavy atom. The molecule has 2 heterocycles. The number of aromatic nitrogens is 4. The van der Waals surface area contributed by atoms with Gasteiger partial charge in [0, 0.05) is 11.1 Å². The molecule has 1 fully saturated rings. The first-order chi connectivity index (χ1) is 7.69. The van der Waals surface area contributed by atoms with E-state index >= 15 is 0 Å². The molecule has 0 spiro atoms. The third kappa shape index (κ3) is 1.46. The summed E-state index contributed by atoms with van der Waals surface area (Å²) in [6.07, 6.45) is 3.12. The van der Waals surface area contributed by atoms with Crippen LogP contribution in [0.3, 0.4) is 0 Å². The Labute approximate surface area is 95.8 Å². The molecule has 0 unspecified atom stereocenters. The van der Waals surface area contributed by atoms with Gasteiger partial charge in [-0.05, 0) is 18.9 Å². The summed E-state index contributed by atoms with van der Waals surface area (Å²) in [5, 5.41) is 11.6. The summed E-state index contributed by atoms with van der Waals surface area (Å²) < 4.78 is 4.90. The second kappa shape index (κ2) is 3.23. The van der Waals surface area contributed by atoms with Crippen LogP contribution in [-0.4, -0.2) is 20.3 Å². The van der Waals surface area contributed by atoms with Crippen LogP contribution in [0.15, 0.2) is 16.9 Å². The summed E-state index contributed by atoms with van der Waals surface area (Å²) in [4.78, 5) is 3.90. The molecule has 2 N–H and O–H groups in total. The molecule has 3 rings (SSSR count). The Hall–Kier alpha value is -1.53. The van der Waals surface area contributed by atoms with Gasteiger partial charge in [0.25, 0.3) is 5.89 Å². The molecule has 1 saturated carbocycles. The van der Waals surface area contributed by atoms with Crippen molar-refractivity contribution in [3.05, 3.63) is 23.1 Å². The minimum Gasteiger partial charge on any atom is -0.332 e. The summed E-state index contributed by atoms with van der Waals surface area (Å²) in [6.45, 7) is 0. The van der Waals surface area contributed by atoms with E-state index in [0.717, 1.165) is 18.4 Å². The van der Waals surface area contributed by atoms with Crippen LogP contribution in [0.4, 0.5) is 0 Å². The molecule has 0 atom stereocenters. The van der Waals surface area contributed by atoms with Crippen LogP contribution in [0.5, 0.6) is 0 Å². The first-order valence-corrected chi connectivity index (χ1v) is 5.16. The molecular weight excluding hydrogens is 230 g/mol. The van der Waals surface area contributed by atoms with Gasteiger partial charge in [0.05, 0.1) is 0 Å². The molecule has 2 aromatic heterocycles. The monoisotopic (exact) mass is 237 g/mol. The molecule has 82 valence electrons. The standard InChI is InChI=1S/C9H8ClN5O/c10-7-5(9(11)1-2-9)3-6(14-15-7)8-12-4-13-16-8/h3-4H,1-2,11H2. The normalized spacial score (nSPS) is 17.4. The Morgan fingerprint density at radius 3 is 2.81 bits per heavy atom. The van der Waals surface area contributed by atoms with Gasteiger partial charge in [-0.25, -0.2) is 0 Å². The van der Waals surface area contributed by atoms with Crippen molar-refractivity contribution in [3.8, 4) is 11.6 Å². The third-order valence-corrected chi connectivity index (χ3v) is 2.93. The predicted octanol–water partition coefficient (Wildman–Crippen LogP) is 1.13. The lowest BCUT2D eigenvalue weighted by Gasteiger charge is -2.10. The number of nitrogens with zero attached hydrogens (tertiary/aromatic N) is 4. The Bertz CT molecular complexity index is 523. The van der Waals surface area contributed by atoms with Crippen LogP contribution in [0.2, 0.25) is 5.15 Å². The zero-order chi connectivity index (χ0) is 11.2. The van der Waals surface area contributed by atoms with Crippen LogP contribution in [0.1, 0.15) is 18.4 Å². The van der Waals surface area contributed by atoms with Gasteiger partial charge in [0.1, 0.15) is 0 Å². The molecule has 0 bridgehead atoms. The first-order valence-electron chi connectivity index (χ1n) is 4.79. The van der Waals surface area contributed by atoms with Crippen molar-refractivity contribution in [1.82, 2.24) is 20.3 Å². The lowest BCUT2D eigenvalue weighted by Crippen LogP contribution is -2.20. The average Bonchev–Trinajstić information content (AvgIpc) is 2.83. The fourth-order valence-electron chi connectivity index (χ4n) is 1.52. The molecule has 0 amide bonds. The number of nitrogens with two attached hydrogens (primary N) is 1. The minimum absolute atomic E-state index is 0.315. The van der Waals surface area contributed by atoms with Crippen LogP contribution < -0.4 is 5.73 Å². The highest BCUT2D eigenvalue weighted by atomic mass is 35.5. The molecule has 6 nitrogen and oxygen atoms in total. The van der Waals surface area contributed by atoms with Gasteiger partial charge >= 0.3 is 0 Å². The van der Waals surface area contributed by atoms with Crippen LogP contribution >= 0.6 is 11.6 Å². The molecule has 0 aliphatic heterocycles. The van der Waals surface area contributed by atoms with Gasteiger partial charge in [-0.1, -0.05) is 16.8 Å². The Kier molecular flexibility index (Phi) is 1.95. The van der Waals surface area contributed by atoms with Crippen molar-refractivity contribution in [2.75, 3.05) is 0 Å². The summed E-state index contributed by atoms with van der Waals surface area (Å²) in [7, 11) is 0. The average molecular weight is 238 g/mol. The van der Waals surface area contributed by atoms with Gasteiger partial charge in [0.15, 0.2) is 17.2 Å². The first kappa shape index (κ1) is 9.68. The van der Waals surface area contributed by atoms with Crippen LogP contribution in [-0.2, 0) is 5.54 Å². The molecule has 16 heavy (non-hydrogen) atoms. The van der Waals surface area contributed by atoms with Gasteiger partial charge < -0.3 is 10.3 Å². The number of halogens is 1. The molecule has 0 radical (unpaired) electrons. The van der Waals surface area contributed by atoms with Crippen molar-refractivity contribution in [1.29, 1.82) is 0 Å². The van der Waals surface area contributed by atoms with Gasteiger partial charge in [0.2, 0.25) is 0 Å². The fourth-order valence-corrected chi connectivity index (χ4v) is 1.80. The minimum atomic E-state index is -0.359. The van der Waals surface area contributed by atoms with E-state index in [2.05, 4.69) is 20.3 Å². The van der Waals surface area contributed by atoms with Crippen molar-refractivity contribution in [3.63, 3.8) is 0 Å². The molecule has 0 aromatic carbocycles. The summed E-state index contributed by atoms with van der Waals surface area (Å²) in [5.74, 6) is 0.315. The van der Waals surface area contributed by atoms with Crippen molar-refractivity contribution < 1.29 is 4.52 Å². The highest BCUT2D eigenvalue weighted by molar-refractivity contribution is 6.30. The molecule has 0 saturated heterocycles. The maximum atomic E-state index is 6.07. The van der Waals surface area contributed by atoms with E-state index in [1.807, 2.05) is 0 Å². The lowest BCUT2D eigenvalue weighted by atomic mass is 10.1. The fraction of sp³-hybridized carbons (Fsp3) is 0.333. The molecular formula is C9H8ClN5O. The maximum Gasteiger partial charge on any atom is 0.278 e. The van der Waals surface area contributed by atoms with Crippen LogP contribution in [0, 0.1) is 0 Å². The summed E-state index contributed by atoms with van der Waals surface area (Å²) in [6, 6.07) is 1.76. The molecule has 1 aliphatic rings. The SMILES string of the molecule is NC1(c2cc(-c3ncno3)nnc2Cl)CC1. The van der Waals surface area contributed by atoms with Gasteiger partial charge in [-0.15, -0.1) is 10.2 Å². The zero-order valence-electron chi connectivity index (χ0n) is 8.22. The van der Waals surface area contributed by atoms with E-state index in [4.69, 9.17) is 21.9 Å². The number of hydrogen-bond donors (Lipinski definition) is 1. The predicted molar refractivity (Wildman–Crippen MR) is 55.4 cm³/mol. The quantitative estimate of drug-likeness (QED) is 0.842. The smallest absolute Gasteiger partial charge is 0.278 e. The Balaban J connectivity index is 2.09. The van der Waals surface area contributed by atoms with E-state index in [1.165, 1.54) is 6.33 Å². The molecule has 7 heteroatoms. The maximum absolute atomic E-state index is 6.07. The summed E-state index contributed by atoms with van der Waals surface area (Å²) >= 11 is 5.96. The highest BCUT2D eigenvalue weighted by Gasteiger charge is 2.42. The van der Waals surface area contributed by atoms with Crippen molar-refractivity contribution in [2.45, 2.75) is 18.4 Å². The zero-order valence-corrected chi connectivity index (χ0v) is 8.98. The van der Waals surface area contributed by atoms with Crippen molar-refractivity contribution >= 4 is 11.6 Å². The van der Waals surface area contributed by atoms with E-state index in [-0.39, 0.29) is 5.54 Å². The van der Waals surface area contributed by atoms with Crippen LogP contribution in [0.25, 0.3) is 11.6 Å². The Morgan fingerprint density at radius 1 is 1.38 bits per heavy atom. The van der Waals surface area contributed by atoms with E-state index in [1.54, 1.807) is 6.07 Å². The highest BCUT2D eigenvalue weighted by Crippen LogP contribution is 2.45. The van der Waals surface area contributed by atoms with Gasteiger partial charge in [-0.3, -0.25) is 0 Å². The van der Waals surface area contributed by atoms with Gasteiger partial charge in [-0.2, -0.15) is 4.98 Å². The second-order valence-corrected chi connectivity index (χ2v) is 4.19. The van der Waals surface area contributed by atoms with E-state index in [0.29, 0.717) is 16.7 Å². The van der Waals surface area contributed by atoms with E-state index in [9.17, 15) is 0 Å².